The number of carbonyl (C=O) groups is 1. The fraction of sp³-hybridized carbons (Fsp3) is 0.667. The number of anilines is 1. The van der Waals surface area contributed by atoms with Crippen molar-refractivity contribution in [3.8, 4) is 0 Å². The van der Waals surface area contributed by atoms with E-state index < -0.39 is 5.97 Å². The number of hydrogen-bond donors (Lipinski definition) is 0. The van der Waals surface area contributed by atoms with Crippen LogP contribution in [-0.2, 0) is 4.74 Å². The van der Waals surface area contributed by atoms with E-state index in [0.717, 1.165) is 18.9 Å². The van der Waals surface area contributed by atoms with Gasteiger partial charge in [-0.2, -0.15) is 0 Å². The van der Waals surface area contributed by atoms with Gasteiger partial charge >= 0.3 is 5.97 Å². The molecule has 0 amide bonds. The molecule has 0 atom stereocenters. The average molecular weight is 275 g/mol. The van der Waals surface area contributed by atoms with Gasteiger partial charge in [0.05, 0.1) is 19.5 Å². The van der Waals surface area contributed by atoms with Crippen LogP contribution in [0.25, 0.3) is 0 Å². The topological polar surface area (TPSA) is 55.3 Å². The average Bonchev–Trinajstić information content (AvgIpc) is 2.95. The second kappa shape index (κ2) is 5.38. The maximum atomic E-state index is 11.5. The number of aromatic nitrogens is 2. The van der Waals surface area contributed by atoms with Crippen molar-refractivity contribution in [1.82, 2.24) is 9.97 Å². The van der Waals surface area contributed by atoms with Gasteiger partial charge in [-0.05, 0) is 31.1 Å². The van der Waals surface area contributed by atoms with Gasteiger partial charge in [0.1, 0.15) is 5.82 Å². The molecule has 1 spiro atoms. The van der Waals surface area contributed by atoms with Crippen LogP contribution in [0.2, 0.25) is 0 Å². The van der Waals surface area contributed by atoms with Gasteiger partial charge < -0.3 is 9.64 Å². The normalized spacial score (nSPS) is 21.1. The zero-order valence-corrected chi connectivity index (χ0v) is 12.0. The molecule has 1 aromatic heterocycles. The first-order valence-electron chi connectivity index (χ1n) is 7.38. The summed E-state index contributed by atoms with van der Waals surface area (Å²) in [5.74, 6) is 0.365. The molecule has 0 radical (unpaired) electrons. The highest BCUT2D eigenvalue weighted by molar-refractivity contribution is 5.87. The third-order valence-corrected chi connectivity index (χ3v) is 4.83. The number of carbonyl (C=O) groups excluding carboxylic acids is 1. The molecule has 2 heterocycles. The molecule has 5 nitrogen and oxygen atoms in total. The van der Waals surface area contributed by atoms with Gasteiger partial charge in [0.15, 0.2) is 5.69 Å². The number of hydrogen-bond acceptors (Lipinski definition) is 5. The summed E-state index contributed by atoms with van der Waals surface area (Å²) >= 11 is 0. The first kappa shape index (κ1) is 13.3. The highest BCUT2D eigenvalue weighted by atomic mass is 16.5. The molecule has 5 heteroatoms. The van der Waals surface area contributed by atoms with E-state index in [9.17, 15) is 4.79 Å². The molecule has 1 aliphatic heterocycles. The summed E-state index contributed by atoms with van der Waals surface area (Å²) in [7, 11) is 1.36. The van der Waals surface area contributed by atoms with Crippen LogP contribution in [-0.4, -0.2) is 36.1 Å². The van der Waals surface area contributed by atoms with Crippen LogP contribution in [0, 0.1) is 5.41 Å². The highest BCUT2D eigenvalue weighted by Gasteiger charge is 2.37. The van der Waals surface area contributed by atoms with Crippen molar-refractivity contribution in [1.29, 1.82) is 0 Å². The van der Waals surface area contributed by atoms with Crippen molar-refractivity contribution >= 4 is 11.8 Å². The maximum Gasteiger partial charge on any atom is 0.358 e. The lowest BCUT2D eigenvalue weighted by Crippen LogP contribution is -2.39. The summed E-state index contributed by atoms with van der Waals surface area (Å²) in [5.41, 5.74) is 0.871. The smallest absolute Gasteiger partial charge is 0.358 e. The Labute approximate surface area is 119 Å². The second-order valence-corrected chi connectivity index (χ2v) is 5.95. The second-order valence-electron chi connectivity index (χ2n) is 5.95. The van der Waals surface area contributed by atoms with Crippen LogP contribution >= 0.6 is 0 Å². The van der Waals surface area contributed by atoms with E-state index in [1.807, 2.05) is 0 Å². The molecule has 1 saturated carbocycles. The van der Waals surface area contributed by atoms with Crippen LogP contribution in [0.4, 0.5) is 5.82 Å². The molecule has 20 heavy (non-hydrogen) atoms. The van der Waals surface area contributed by atoms with Gasteiger partial charge in [-0.25, -0.2) is 9.78 Å². The number of piperidine rings is 1. The molecule has 108 valence electrons. The van der Waals surface area contributed by atoms with Crippen LogP contribution in [0.15, 0.2) is 12.4 Å². The predicted molar refractivity (Wildman–Crippen MR) is 75.7 cm³/mol. The SMILES string of the molecule is COC(=O)c1cncc(N2CCC3(CCCC3)CC2)n1. The number of methoxy groups -OCH3 is 1. The molecule has 1 aliphatic carbocycles. The zero-order valence-electron chi connectivity index (χ0n) is 12.0. The summed E-state index contributed by atoms with van der Waals surface area (Å²) in [5, 5.41) is 0. The van der Waals surface area contributed by atoms with Crippen molar-refractivity contribution < 1.29 is 9.53 Å². The third kappa shape index (κ3) is 2.49. The van der Waals surface area contributed by atoms with Crippen molar-refractivity contribution in [3.63, 3.8) is 0 Å². The van der Waals surface area contributed by atoms with Crippen LogP contribution in [0.1, 0.15) is 49.0 Å². The van der Waals surface area contributed by atoms with Crippen LogP contribution in [0.5, 0.6) is 0 Å². The fourth-order valence-electron chi connectivity index (χ4n) is 3.55. The Bertz CT molecular complexity index is 488. The van der Waals surface area contributed by atoms with Gasteiger partial charge in [0.2, 0.25) is 0 Å². The Morgan fingerprint density at radius 3 is 2.55 bits per heavy atom. The van der Waals surface area contributed by atoms with Gasteiger partial charge in [0, 0.05) is 13.1 Å². The largest absolute Gasteiger partial charge is 0.464 e. The molecule has 0 aromatic carbocycles. The minimum atomic E-state index is -0.427. The maximum absolute atomic E-state index is 11.5. The monoisotopic (exact) mass is 275 g/mol. The van der Waals surface area contributed by atoms with Crippen molar-refractivity contribution in [3.05, 3.63) is 18.1 Å². The minimum Gasteiger partial charge on any atom is -0.464 e. The Kier molecular flexibility index (Phi) is 3.59. The number of ether oxygens (including phenoxy) is 1. The van der Waals surface area contributed by atoms with E-state index in [2.05, 4.69) is 14.9 Å². The van der Waals surface area contributed by atoms with Crippen molar-refractivity contribution in [2.24, 2.45) is 5.41 Å². The van der Waals surface area contributed by atoms with E-state index in [-0.39, 0.29) is 5.69 Å². The molecule has 1 aromatic rings. The summed E-state index contributed by atoms with van der Waals surface area (Å²) < 4.78 is 4.69. The zero-order chi connectivity index (χ0) is 14.0. The fourth-order valence-corrected chi connectivity index (χ4v) is 3.55. The number of nitrogens with zero attached hydrogens (tertiary/aromatic N) is 3. The van der Waals surface area contributed by atoms with E-state index in [1.54, 1.807) is 6.20 Å². The summed E-state index contributed by atoms with van der Waals surface area (Å²) in [4.78, 5) is 22.2. The Morgan fingerprint density at radius 1 is 1.20 bits per heavy atom. The third-order valence-electron chi connectivity index (χ3n) is 4.83. The molecule has 2 fully saturated rings. The van der Waals surface area contributed by atoms with Gasteiger partial charge in [-0.3, -0.25) is 4.98 Å². The molecule has 0 N–H and O–H groups in total. The lowest BCUT2D eigenvalue weighted by Gasteiger charge is -2.39. The lowest BCUT2D eigenvalue weighted by atomic mass is 9.77. The van der Waals surface area contributed by atoms with Crippen LogP contribution < -0.4 is 4.90 Å². The molecular weight excluding hydrogens is 254 g/mol. The lowest BCUT2D eigenvalue weighted by molar-refractivity contribution is 0.0593. The molecule has 0 bridgehead atoms. The summed E-state index contributed by atoms with van der Waals surface area (Å²) in [6.45, 7) is 2.03. The van der Waals surface area contributed by atoms with Crippen LogP contribution in [0.3, 0.4) is 0 Å². The summed E-state index contributed by atoms with van der Waals surface area (Å²) in [6.07, 6.45) is 11.2. The molecule has 1 saturated heterocycles. The quantitative estimate of drug-likeness (QED) is 0.776. The van der Waals surface area contributed by atoms with E-state index in [1.165, 1.54) is 51.8 Å². The van der Waals surface area contributed by atoms with E-state index in [0.29, 0.717) is 5.41 Å². The highest BCUT2D eigenvalue weighted by Crippen LogP contribution is 2.46. The molecule has 0 unspecified atom stereocenters. The number of esters is 1. The van der Waals surface area contributed by atoms with Gasteiger partial charge in [0.25, 0.3) is 0 Å². The number of rotatable bonds is 2. The Hall–Kier alpha value is -1.65. The first-order valence-corrected chi connectivity index (χ1v) is 7.38. The first-order chi connectivity index (χ1) is 9.72. The van der Waals surface area contributed by atoms with Gasteiger partial charge in [-0.1, -0.05) is 12.8 Å². The molecule has 3 rings (SSSR count). The predicted octanol–water partition coefficient (Wildman–Crippen LogP) is 2.42. The van der Waals surface area contributed by atoms with Gasteiger partial charge in [-0.15, -0.1) is 0 Å². The van der Waals surface area contributed by atoms with Crippen molar-refractivity contribution in [2.45, 2.75) is 38.5 Å². The van der Waals surface area contributed by atoms with E-state index in [4.69, 9.17) is 4.74 Å². The van der Waals surface area contributed by atoms with E-state index >= 15 is 0 Å². The standard InChI is InChI=1S/C15H21N3O2/c1-20-14(19)12-10-16-11-13(17-12)18-8-6-15(7-9-18)4-2-3-5-15/h10-11H,2-9H2,1H3. The van der Waals surface area contributed by atoms with Crippen molar-refractivity contribution in [2.75, 3.05) is 25.1 Å². The molecular formula is C15H21N3O2. The minimum absolute atomic E-state index is 0.283. The summed E-state index contributed by atoms with van der Waals surface area (Å²) in [6, 6.07) is 0. The Morgan fingerprint density at radius 2 is 1.90 bits per heavy atom. The Balaban J connectivity index is 1.70. The molecule has 2 aliphatic rings.